The third kappa shape index (κ3) is 12.1. The number of fused-ring (bicyclic) bond motifs is 2. The van der Waals surface area contributed by atoms with Crippen LogP contribution in [0.3, 0.4) is 0 Å². The van der Waals surface area contributed by atoms with Crippen LogP contribution in [0.1, 0.15) is 47.8 Å². The van der Waals surface area contributed by atoms with Crippen molar-refractivity contribution >= 4 is 52.9 Å². The minimum absolute atomic E-state index is 0. The van der Waals surface area contributed by atoms with Gasteiger partial charge in [-0.1, -0.05) is 73.1 Å². The number of nitrogens with zero attached hydrogens (tertiary/aromatic N) is 6. The predicted molar refractivity (Wildman–Crippen MR) is 195 cm³/mol. The molecule has 6 aromatic rings. The summed E-state index contributed by atoms with van der Waals surface area (Å²) in [5, 5.41) is 6.54. The molecule has 268 valence electrons. The SMILES string of the molecule is O=Cc1cnc2ncc(C(=O)NCc3ccc(Cl)cc3)c(=O)n2c1.[CH2-]COC[CH2-].[CH2-]c1cnc2ncc(C(=O)NCc3ccc(Cl)cc3)c(=O)n2c1.[Y+3]. The van der Waals surface area contributed by atoms with Crippen molar-refractivity contribution in [3.05, 3.63) is 171 Å². The first-order valence-corrected chi connectivity index (χ1v) is 16.0. The van der Waals surface area contributed by atoms with Crippen molar-refractivity contribution < 1.29 is 51.8 Å². The Morgan fingerprint density at radius 3 is 1.53 bits per heavy atom. The summed E-state index contributed by atoms with van der Waals surface area (Å²) in [5.74, 6) is -0.730. The topological polar surface area (TPSA) is 179 Å². The van der Waals surface area contributed by atoms with Gasteiger partial charge >= 0.3 is 32.7 Å². The monoisotopic (exact) mass is 830 g/mol. The molecule has 0 aliphatic rings. The van der Waals surface area contributed by atoms with E-state index in [0.717, 1.165) is 15.5 Å². The van der Waals surface area contributed by atoms with Gasteiger partial charge < -0.3 is 33.6 Å². The van der Waals surface area contributed by atoms with E-state index in [1.54, 1.807) is 48.5 Å². The Bertz CT molecular complexity index is 2300. The van der Waals surface area contributed by atoms with Crippen LogP contribution in [0, 0.1) is 20.8 Å². The van der Waals surface area contributed by atoms with E-state index in [-0.39, 0.29) is 74.0 Å². The van der Waals surface area contributed by atoms with Gasteiger partial charge in [0.25, 0.3) is 22.9 Å². The van der Waals surface area contributed by atoms with Gasteiger partial charge in [0.15, 0.2) is 6.29 Å². The number of aldehydes is 1. The molecule has 0 spiro atoms. The normalized spacial score (nSPS) is 10.2. The molecular formula is C36H31Cl2N8O6Y. The predicted octanol–water partition coefficient (Wildman–Crippen LogP) is 4.01. The largest absolute Gasteiger partial charge is 3.00 e. The maximum Gasteiger partial charge on any atom is 3.00 e. The molecule has 0 aliphatic heterocycles. The van der Waals surface area contributed by atoms with Crippen molar-refractivity contribution in [1.29, 1.82) is 0 Å². The summed E-state index contributed by atoms with van der Waals surface area (Å²) in [7, 11) is 0. The Morgan fingerprint density at radius 2 is 1.11 bits per heavy atom. The van der Waals surface area contributed by atoms with Gasteiger partial charge in [-0.2, -0.15) is 12.5 Å². The fourth-order valence-electron chi connectivity index (χ4n) is 4.23. The van der Waals surface area contributed by atoms with Crippen molar-refractivity contribution in [2.75, 3.05) is 13.2 Å². The molecule has 14 nitrogen and oxygen atoms in total. The van der Waals surface area contributed by atoms with Crippen LogP contribution in [0.4, 0.5) is 0 Å². The smallest absolute Gasteiger partial charge is 0.445 e. The summed E-state index contributed by atoms with van der Waals surface area (Å²) in [5.41, 5.74) is 1.22. The molecule has 0 fully saturated rings. The molecule has 2 amide bonds. The molecule has 0 unspecified atom stereocenters. The molecule has 2 N–H and O–H groups in total. The quantitative estimate of drug-likeness (QED) is 0.160. The van der Waals surface area contributed by atoms with Crippen molar-refractivity contribution in [3.8, 4) is 0 Å². The zero-order valence-electron chi connectivity index (χ0n) is 28.1. The first-order valence-electron chi connectivity index (χ1n) is 15.3. The number of amides is 2. The molecule has 0 radical (unpaired) electrons. The second-order valence-corrected chi connectivity index (χ2v) is 11.4. The van der Waals surface area contributed by atoms with E-state index < -0.39 is 22.9 Å². The van der Waals surface area contributed by atoms with E-state index in [2.05, 4.69) is 56.1 Å². The van der Waals surface area contributed by atoms with E-state index in [1.807, 2.05) is 0 Å². The Labute approximate surface area is 338 Å². The maximum atomic E-state index is 12.4. The van der Waals surface area contributed by atoms with Crippen molar-refractivity contribution in [1.82, 2.24) is 39.4 Å². The summed E-state index contributed by atoms with van der Waals surface area (Å²) in [4.78, 5) is 75.8. The van der Waals surface area contributed by atoms with Gasteiger partial charge in [0.1, 0.15) is 11.1 Å². The second-order valence-electron chi connectivity index (χ2n) is 10.5. The number of aromatic nitrogens is 6. The second kappa shape index (κ2) is 21.0. The molecule has 0 bridgehead atoms. The number of hydrogen-bond acceptors (Lipinski definition) is 10. The number of nitrogens with one attached hydrogen (secondary N) is 2. The molecule has 4 aromatic heterocycles. The van der Waals surface area contributed by atoms with Crippen molar-refractivity contribution in [3.63, 3.8) is 0 Å². The minimum Gasteiger partial charge on any atom is -0.445 e. The van der Waals surface area contributed by atoms with Crippen LogP contribution >= 0.6 is 23.2 Å². The van der Waals surface area contributed by atoms with Gasteiger partial charge in [-0.15, -0.1) is 0 Å². The van der Waals surface area contributed by atoms with Crippen LogP contribution in [0.15, 0.2) is 95.3 Å². The maximum absolute atomic E-state index is 12.4. The molecular weight excluding hydrogens is 800 g/mol. The Kier molecular flexibility index (Phi) is 16.9. The zero-order valence-corrected chi connectivity index (χ0v) is 32.4. The van der Waals surface area contributed by atoms with Crippen molar-refractivity contribution in [2.24, 2.45) is 0 Å². The third-order valence-electron chi connectivity index (χ3n) is 6.84. The number of rotatable bonds is 9. The fraction of sp³-hybridized carbons (Fsp3) is 0.111. The summed E-state index contributed by atoms with van der Waals surface area (Å²) in [6.45, 7) is 12.1. The van der Waals surface area contributed by atoms with E-state index in [4.69, 9.17) is 23.2 Å². The molecule has 4 heterocycles. The molecule has 17 heteroatoms. The Morgan fingerprint density at radius 1 is 0.698 bits per heavy atom. The van der Waals surface area contributed by atoms with Crippen molar-refractivity contribution in [2.45, 2.75) is 13.1 Å². The summed E-state index contributed by atoms with van der Waals surface area (Å²) in [6.07, 6.45) is 8.55. The molecule has 0 saturated heterocycles. The number of hydrogen-bond donors (Lipinski definition) is 2. The van der Waals surface area contributed by atoms with Crippen LogP contribution in [0.5, 0.6) is 0 Å². The van der Waals surface area contributed by atoms with Gasteiger partial charge in [0.05, 0.1) is 0 Å². The van der Waals surface area contributed by atoms with Gasteiger partial charge in [-0.25, -0.2) is 15.0 Å². The number of carbonyl (C=O) groups excluding carboxylic acids is 3. The summed E-state index contributed by atoms with van der Waals surface area (Å²) < 4.78 is 6.89. The summed E-state index contributed by atoms with van der Waals surface area (Å²) in [6, 6.07) is 14.0. The number of benzene rings is 2. The molecule has 6 rings (SSSR count). The minimum atomic E-state index is -0.593. The van der Waals surface area contributed by atoms with Crippen LogP contribution in [0.25, 0.3) is 11.6 Å². The van der Waals surface area contributed by atoms with E-state index in [9.17, 15) is 24.0 Å². The summed E-state index contributed by atoms with van der Waals surface area (Å²) >= 11 is 11.6. The Hall–Kier alpha value is -4.86. The van der Waals surface area contributed by atoms with E-state index >= 15 is 0 Å². The van der Waals surface area contributed by atoms with Gasteiger partial charge in [-0.3, -0.25) is 33.4 Å². The number of ether oxygens (including phenoxy) is 1. The first-order chi connectivity index (χ1) is 25.0. The molecule has 0 atom stereocenters. The average Bonchev–Trinajstić information content (AvgIpc) is 3.15. The standard InChI is InChI=1S/C16H11ClN4O3.C16H12ClN4O2.C4H8O.Y/c17-12-3-1-10(2-4-12)5-18-14(23)13-7-20-16-19-6-11(9-22)8-21(16)15(13)24;1-10-6-19-16-20-8-13(15(23)21(16)9-10)14(22)18-7-11-2-4-12(17)5-3-11;1-3-5-4-2;/h1-4,6-9H,5H2,(H,18,23);2-6,8-9H,1,7H2,(H,18,22);1-4H2;/q;-1;-2;+3. The Balaban J connectivity index is 0.000000249. The third-order valence-corrected chi connectivity index (χ3v) is 7.35. The molecule has 0 saturated carbocycles. The van der Waals surface area contributed by atoms with Gasteiger partial charge in [0, 0.05) is 53.5 Å². The fourth-order valence-corrected chi connectivity index (χ4v) is 4.48. The first kappa shape index (κ1) is 42.6. The number of halogens is 2. The van der Waals surface area contributed by atoms with Crippen LogP contribution in [-0.4, -0.2) is 60.1 Å². The average molecular weight is 832 g/mol. The van der Waals surface area contributed by atoms with E-state index in [1.165, 1.54) is 41.6 Å². The van der Waals surface area contributed by atoms with Gasteiger partial charge in [-0.05, 0) is 35.4 Å². The molecule has 2 aromatic carbocycles. The van der Waals surface area contributed by atoms with Crippen LogP contribution in [-0.2, 0) is 50.5 Å². The zero-order chi connectivity index (χ0) is 37.6. The number of carbonyl (C=O) groups is 3. The van der Waals surface area contributed by atoms with Crippen LogP contribution in [0.2, 0.25) is 10.0 Å². The van der Waals surface area contributed by atoms with E-state index in [0.29, 0.717) is 35.1 Å². The van der Waals surface area contributed by atoms with Gasteiger partial charge in [0.2, 0.25) is 11.6 Å². The molecule has 53 heavy (non-hydrogen) atoms. The molecule has 0 aliphatic carbocycles. The van der Waals surface area contributed by atoms with Crippen LogP contribution < -0.4 is 21.8 Å².